The number of benzene rings is 2. The lowest BCUT2D eigenvalue weighted by Gasteiger charge is -2.37. The van der Waals surface area contributed by atoms with E-state index in [9.17, 15) is 14.9 Å². The Morgan fingerprint density at radius 3 is 1.78 bits per heavy atom. The van der Waals surface area contributed by atoms with Crippen molar-refractivity contribution in [1.82, 2.24) is 15.0 Å². The minimum absolute atomic E-state index is 0.0949. The second kappa shape index (κ2) is 11.7. The van der Waals surface area contributed by atoms with Crippen LogP contribution >= 0.6 is 0 Å². The first-order chi connectivity index (χ1) is 17.6. The van der Waals surface area contributed by atoms with Gasteiger partial charge >= 0.3 is 12.1 Å². The molecule has 3 rings (SSSR count). The molecule has 1 aromatic heterocycles. The standard InChI is InChI=1S/C26H29N7O4/c1-26(2,3)17-32(23-14-15-28-22(16-27)31-23)33(24(34)29-18-6-10-20(36-4)11-7-18)25(35)30-19-8-12-21(37-5)13-9-19/h6-15H,17H2,1-5H3,(H,29,34)(H,30,35). The number of aromatic nitrogens is 2. The highest BCUT2D eigenvalue weighted by atomic mass is 16.5. The van der Waals surface area contributed by atoms with Crippen molar-refractivity contribution >= 4 is 29.3 Å². The van der Waals surface area contributed by atoms with Gasteiger partial charge in [-0.25, -0.2) is 14.6 Å². The van der Waals surface area contributed by atoms with Crippen LogP contribution in [0.1, 0.15) is 26.6 Å². The molecule has 0 radical (unpaired) electrons. The molecule has 3 aromatic rings. The van der Waals surface area contributed by atoms with E-state index in [2.05, 4.69) is 20.6 Å². The smallest absolute Gasteiger partial charge is 0.349 e. The fourth-order valence-corrected chi connectivity index (χ4v) is 3.26. The van der Waals surface area contributed by atoms with Crippen molar-refractivity contribution < 1.29 is 19.1 Å². The summed E-state index contributed by atoms with van der Waals surface area (Å²) in [6.07, 6.45) is 1.40. The molecule has 0 aliphatic heterocycles. The molecule has 11 nitrogen and oxygen atoms in total. The van der Waals surface area contributed by atoms with Gasteiger partial charge in [-0.1, -0.05) is 20.8 Å². The predicted molar refractivity (Wildman–Crippen MR) is 139 cm³/mol. The van der Waals surface area contributed by atoms with Crippen LogP contribution in [0.2, 0.25) is 0 Å². The number of nitriles is 1. The molecule has 0 saturated carbocycles. The van der Waals surface area contributed by atoms with Crippen LogP contribution in [0.15, 0.2) is 60.8 Å². The third kappa shape index (κ3) is 7.32. The number of urea groups is 2. The molecule has 0 aliphatic carbocycles. The number of carbonyl (C=O) groups excluding carboxylic acids is 2. The number of hydrogen-bond donors (Lipinski definition) is 2. The van der Waals surface area contributed by atoms with Crippen molar-refractivity contribution in [3.05, 3.63) is 66.6 Å². The molecule has 1 heterocycles. The molecular formula is C26H29N7O4. The predicted octanol–water partition coefficient (Wildman–Crippen LogP) is 4.90. The van der Waals surface area contributed by atoms with Crippen LogP contribution in [0.5, 0.6) is 11.5 Å². The Kier molecular flexibility index (Phi) is 8.47. The summed E-state index contributed by atoms with van der Waals surface area (Å²) in [5.41, 5.74) is 0.518. The first-order valence-electron chi connectivity index (χ1n) is 11.3. The van der Waals surface area contributed by atoms with E-state index in [0.29, 0.717) is 22.9 Å². The number of carbonyl (C=O) groups is 2. The van der Waals surface area contributed by atoms with Gasteiger partial charge in [0.25, 0.3) is 0 Å². The Bertz CT molecular complexity index is 1200. The van der Waals surface area contributed by atoms with Crippen molar-refractivity contribution in [2.24, 2.45) is 5.41 Å². The first kappa shape index (κ1) is 26.7. The summed E-state index contributed by atoms with van der Waals surface area (Å²) < 4.78 is 10.3. The van der Waals surface area contributed by atoms with E-state index in [1.165, 1.54) is 17.3 Å². The third-order valence-corrected chi connectivity index (χ3v) is 4.94. The second-order valence-electron chi connectivity index (χ2n) is 9.10. The molecule has 2 N–H and O–H groups in total. The number of hydrogen-bond acceptors (Lipinski definition) is 8. The van der Waals surface area contributed by atoms with Gasteiger partial charge in [-0.15, -0.1) is 5.01 Å². The van der Waals surface area contributed by atoms with E-state index >= 15 is 0 Å². The maximum Gasteiger partial charge on any atom is 0.349 e. The average molecular weight is 504 g/mol. The van der Waals surface area contributed by atoms with Gasteiger partial charge in [0, 0.05) is 30.2 Å². The van der Waals surface area contributed by atoms with Crippen molar-refractivity contribution in [2.45, 2.75) is 20.8 Å². The van der Waals surface area contributed by atoms with Gasteiger partial charge in [-0.2, -0.15) is 10.2 Å². The zero-order valence-electron chi connectivity index (χ0n) is 21.3. The van der Waals surface area contributed by atoms with Crippen molar-refractivity contribution in [2.75, 3.05) is 36.4 Å². The Balaban J connectivity index is 2.02. The van der Waals surface area contributed by atoms with Crippen LogP contribution in [0, 0.1) is 16.7 Å². The quantitative estimate of drug-likeness (QED) is 0.435. The number of nitrogens with zero attached hydrogens (tertiary/aromatic N) is 5. The minimum Gasteiger partial charge on any atom is -0.497 e. The summed E-state index contributed by atoms with van der Waals surface area (Å²) in [5, 5.41) is 17.1. The summed E-state index contributed by atoms with van der Waals surface area (Å²) in [4.78, 5) is 35.4. The van der Waals surface area contributed by atoms with Crippen molar-refractivity contribution in [1.29, 1.82) is 5.26 Å². The van der Waals surface area contributed by atoms with E-state index in [1.807, 2.05) is 26.8 Å². The molecule has 192 valence electrons. The minimum atomic E-state index is -0.738. The highest BCUT2D eigenvalue weighted by molar-refractivity contribution is 6.06. The van der Waals surface area contributed by atoms with E-state index in [1.54, 1.807) is 62.8 Å². The summed E-state index contributed by atoms with van der Waals surface area (Å²) in [5.74, 6) is 1.34. The lowest BCUT2D eigenvalue weighted by atomic mass is 9.96. The maximum atomic E-state index is 13.6. The van der Waals surface area contributed by atoms with Gasteiger partial charge in [0.1, 0.15) is 17.6 Å². The van der Waals surface area contributed by atoms with Crippen LogP contribution in [-0.2, 0) is 0 Å². The lowest BCUT2D eigenvalue weighted by Crippen LogP contribution is -2.56. The van der Waals surface area contributed by atoms with Crippen molar-refractivity contribution in [3.63, 3.8) is 0 Å². The summed E-state index contributed by atoms with van der Waals surface area (Å²) in [6.45, 7) is 6.06. The van der Waals surface area contributed by atoms with E-state index in [-0.39, 0.29) is 23.6 Å². The van der Waals surface area contributed by atoms with Crippen LogP contribution in [0.4, 0.5) is 26.8 Å². The van der Waals surface area contributed by atoms with E-state index in [0.717, 1.165) is 5.01 Å². The largest absolute Gasteiger partial charge is 0.497 e. The molecule has 11 heteroatoms. The molecule has 0 bridgehead atoms. The number of imide groups is 1. The second-order valence-corrected chi connectivity index (χ2v) is 9.10. The highest BCUT2D eigenvalue weighted by Gasteiger charge is 2.33. The van der Waals surface area contributed by atoms with Crippen molar-refractivity contribution in [3.8, 4) is 17.6 Å². The fraction of sp³-hybridized carbons (Fsp3) is 0.269. The highest BCUT2D eigenvalue weighted by Crippen LogP contribution is 2.25. The zero-order chi connectivity index (χ0) is 27.0. The zero-order valence-corrected chi connectivity index (χ0v) is 21.3. The monoisotopic (exact) mass is 503 g/mol. The number of rotatable bonds is 7. The number of anilines is 3. The van der Waals surface area contributed by atoms with Gasteiger partial charge in [-0.05, 0) is 53.9 Å². The Hall–Kier alpha value is -4.85. The molecule has 4 amide bonds. The Morgan fingerprint density at radius 2 is 1.38 bits per heavy atom. The van der Waals surface area contributed by atoms with Gasteiger partial charge in [0.05, 0.1) is 14.2 Å². The normalized spacial score (nSPS) is 10.6. The van der Waals surface area contributed by atoms with E-state index in [4.69, 9.17) is 9.47 Å². The van der Waals surface area contributed by atoms with Gasteiger partial charge < -0.3 is 20.1 Å². The number of nitrogens with one attached hydrogen (secondary N) is 2. The van der Waals surface area contributed by atoms with E-state index < -0.39 is 12.1 Å². The Morgan fingerprint density at radius 1 is 0.892 bits per heavy atom. The van der Waals surface area contributed by atoms with Gasteiger partial charge in [-0.3, -0.25) is 5.01 Å². The molecule has 37 heavy (non-hydrogen) atoms. The number of hydrazine groups is 1. The maximum absolute atomic E-state index is 13.6. The molecule has 0 unspecified atom stereocenters. The molecule has 0 spiro atoms. The van der Waals surface area contributed by atoms with Crippen LogP contribution in [0.3, 0.4) is 0 Å². The molecule has 2 aromatic carbocycles. The molecule has 0 atom stereocenters. The fourth-order valence-electron chi connectivity index (χ4n) is 3.26. The van der Waals surface area contributed by atoms with Crippen LogP contribution < -0.4 is 25.1 Å². The Labute approximate surface area is 215 Å². The first-order valence-corrected chi connectivity index (χ1v) is 11.3. The third-order valence-electron chi connectivity index (χ3n) is 4.94. The van der Waals surface area contributed by atoms with Gasteiger partial charge in [0.2, 0.25) is 5.82 Å². The lowest BCUT2D eigenvalue weighted by molar-refractivity contribution is 0.191. The molecular weight excluding hydrogens is 474 g/mol. The van der Waals surface area contributed by atoms with Crippen LogP contribution in [0.25, 0.3) is 0 Å². The SMILES string of the molecule is COc1ccc(NC(=O)N(C(=O)Nc2ccc(OC)cc2)N(CC(C)(C)C)c2ccnc(C#N)n2)cc1. The topological polar surface area (TPSA) is 133 Å². The van der Waals surface area contributed by atoms with Crippen LogP contribution in [-0.4, -0.2) is 47.8 Å². The summed E-state index contributed by atoms with van der Waals surface area (Å²) in [7, 11) is 3.08. The summed E-state index contributed by atoms with van der Waals surface area (Å²) in [6, 6.07) is 15.3. The molecule has 0 aliphatic rings. The average Bonchev–Trinajstić information content (AvgIpc) is 2.88. The van der Waals surface area contributed by atoms with Gasteiger partial charge in [0.15, 0.2) is 5.82 Å². The molecule has 0 fully saturated rings. The molecule has 0 saturated heterocycles. The number of ether oxygens (including phenoxy) is 2. The number of amides is 4. The number of methoxy groups -OCH3 is 2. The summed E-state index contributed by atoms with van der Waals surface area (Å²) >= 11 is 0.